The molecule has 7 nitrogen and oxygen atoms in total. The minimum atomic E-state index is -3.41. The van der Waals surface area contributed by atoms with Gasteiger partial charge in [-0.3, -0.25) is 4.99 Å². The van der Waals surface area contributed by atoms with Crippen molar-refractivity contribution in [3.8, 4) is 0 Å². The van der Waals surface area contributed by atoms with Gasteiger partial charge in [-0.15, -0.1) is 24.0 Å². The Labute approximate surface area is 205 Å². The third-order valence-electron chi connectivity index (χ3n) is 6.14. The molecular formula is C22H38IN5O2S. The van der Waals surface area contributed by atoms with E-state index in [1.807, 2.05) is 12.1 Å². The predicted molar refractivity (Wildman–Crippen MR) is 138 cm³/mol. The van der Waals surface area contributed by atoms with Gasteiger partial charge in [0.15, 0.2) is 5.96 Å². The molecule has 3 rings (SSSR count). The van der Waals surface area contributed by atoms with E-state index in [9.17, 15) is 8.42 Å². The van der Waals surface area contributed by atoms with Gasteiger partial charge in [-0.05, 0) is 57.2 Å². The van der Waals surface area contributed by atoms with Gasteiger partial charge in [-0.25, -0.2) is 8.42 Å². The number of guanidine groups is 1. The van der Waals surface area contributed by atoms with Gasteiger partial charge >= 0.3 is 0 Å². The summed E-state index contributed by atoms with van der Waals surface area (Å²) >= 11 is 0. The lowest BCUT2D eigenvalue weighted by Crippen LogP contribution is -2.49. The molecular weight excluding hydrogens is 525 g/mol. The smallest absolute Gasteiger partial charge is 0.243 e. The summed E-state index contributed by atoms with van der Waals surface area (Å²) < 4.78 is 27.5. The van der Waals surface area contributed by atoms with Crippen molar-refractivity contribution in [2.75, 3.05) is 33.2 Å². The molecule has 0 aromatic heterocycles. The van der Waals surface area contributed by atoms with E-state index in [0.717, 1.165) is 56.7 Å². The van der Waals surface area contributed by atoms with E-state index in [1.54, 1.807) is 23.5 Å². The highest BCUT2D eigenvalue weighted by molar-refractivity contribution is 14.0. The van der Waals surface area contributed by atoms with Crippen molar-refractivity contribution in [3.63, 3.8) is 0 Å². The number of piperidine rings is 2. The van der Waals surface area contributed by atoms with Crippen LogP contribution in [0.1, 0.15) is 51.5 Å². The summed E-state index contributed by atoms with van der Waals surface area (Å²) in [6.07, 6.45) is 5.20. The van der Waals surface area contributed by atoms with Crippen molar-refractivity contribution in [1.82, 2.24) is 19.8 Å². The Hall–Kier alpha value is -0.910. The van der Waals surface area contributed by atoms with E-state index in [0.29, 0.717) is 36.6 Å². The van der Waals surface area contributed by atoms with E-state index in [2.05, 4.69) is 34.4 Å². The molecule has 9 heteroatoms. The number of nitrogens with one attached hydrogen (secondary N) is 2. The van der Waals surface area contributed by atoms with Gasteiger partial charge in [0.05, 0.1) is 4.90 Å². The highest BCUT2D eigenvalue weighted by atomic mass is 127. The second kappa shape index (κ2) is 12.4. The molecule has 1 aromatic rings. The summed E-state index contributed by atoms with van der Waals surface area (Å²) in [6.45, 7) is 8.47. The van der Waals surface area contributed by atoms with E-state index < -0.39 is 10.0 Å². The average Bonchev–Trinajstić information content (AvgIpc) is 2.77. The first kappa shape index (κ1) is 26.3. The van der Waals surface area contributed by atoms with Gasteiger partial charge in [-0.1, -0.05) is 18.6 Å². The van der Waals surface area contributed by atoms with Crippen molar-refractivity contribution >= 4 is 40.0 Å². The Balaban J connectivity index is 0.00000341. The topological polar surface area (TPSA) is 77.0 Å². The van der Waals surface area contributed by atoms with Crippen LogP contribution in [0.25, 0.3) is 0 Å². The molecule has 0 amide bonds. The first-order valence-electron chi connectivity index (χ1n) is 11.2. The van der Waals surface area contributed by atoms with Crippen LogP contribution in [-0.2, 0) is 16.6 Å². The molecule has 2 aliphatic rings. The maximum Gasteiger partial charge on any atom is 0.243 e. The third-order valence-corrected chi connectivity index (χ3v) is 8.03. The lowest BCUT2D eigenvalue weighted by atomic mass is 10.0. The first-order valence-corrected chi connectivity index (χ1v) is 12.6. The maximum atomic E-state index is 12.9. The molecule has 0 atom stereocenters. The summed E-state index contributed by atoms with van der Waals surface area (Å²) in [5.41, 5.74) is 0.936. The zero-order valence-corrected chi connectivity index (χ0v) is 22.2. The maximum absolute atomic E-state index is 12.9. The predicted octanol–water partition coefficient (Wildman–Crippen LogP) is 3.02. The molecule has 176 valence electrons. The minimum Gasteiger partial charge on any atom is -0.354 e. The average molecular weight is 564 g/mol. The molecule has 0 unspecified atom stereocenters. The van der Waals surface area contributed by atoms with Crippen LogP contribution in [0.5, 0.6) is 0 Å². The highest BCUT2D eigenvalue weighted by Crippen LogP contribution is 2.21. The van der Waals surface area contributed by atoms with Crippen LogP contribution in [-0.4, -0.2) is 68.9 Å². The van der Waals surface area contributed by atoms with Crippen molar-refractivity contribution < 1.29 is 8.42 Å². The van der Waals surface area contributed by atoms with Gasteiger partial charge in [0, 0.05) is 51.9 Å². The number of halogens is 1. The molecule has 2 N–H and O–H groups in total. The minimum absolute atomic E-state index is 0. The van der Waals surface area contributed by atoms with E-state index >= 15 is 0 Å². The van der Waals surface area contributed by atoms with Crippen LogP contribution in [0.3, 0.4) is 0 Å². The van der Waals surface area contributed by atoms with Gasteiger partial charge in [0.2, 0.25) is 10.0 Å². The van der Waals surface area contributed by atoms with Crippen molar-refractivity contribution in [2.24, 2.45) is 4.99 Å². The molecule has 0 aliphatic carbocycles. The molecule has 2 aliphatic heterocycles. The van der Waals surface area contributed by atoms with Crippen LogP contribution in [0.2, 0.25) is 0 Å². The Kier molecular flexibility index (Phi) is 10.5. The Morgan fingerprint density at radius 3 is 2.42 bits per heavy atom. The number of nitrogens with zero attached hydrogens (tertiary/aromatic N) is 3. The fourth-order valence-corrected chi connectivity index (χ4v) is 5.79. The number of likely N-dealkylation sites (tertiary alicyclic amines) is 1. The number of rotatable bonds is 6. The van der Waals surface area contributed by atoms with Crippen LogP contribution < -0.4 is 10.6 Å². The summed E-state index contributed by atoms with van der Waals surface area (Å²) in [6, 6.07) is 8.27. The van der Waals surface area contributed by atoms with Crippen LogP contribution in [0, 0.1) is 0 Å². The fourth-order valence-electron chi connectivity index (χ4n) is 4.20. The zero-order valence-electron chi connectivity index (χ0n) is 19.0. The molecule has 0 bridgehead atoms. The summed E-state index contributed by atoms with van der Waals surface area (Å²) in [5.74, 6) is 0.766. The van der Waals surface area contributed by atoms with Crippen molar-refractivity contribution in [3.05, 3.63) is 29.8 Å². The SMILES string of the molecule is CN=C(NCc1cccc(S(=O)(=O)N2CCCCC2)c1)NC1CCN(C(C)C)CC1.I. The normalized spacial score (nSPS) is 19.8. The Bertz CT molecular complexity index is 817. The lowest BCUT2D eigenvalue weighted by Gasteiger charge is -2.35. The van der Waals surface area contributed by atoms with Crippen LogP contribution >= 0.6 is 24.0 Å². The van der Waals surface area contributed by atoms with E-state index in [1.165, 1.54) is 0 Å². The number of benzene rings is 1. The summed E-state index contributed by atoms with van der Waals surface area (Å²) in [5, 5.41) is 6.86. The number of hydrogen-bond donors (Lipinski definition) is 2. The second-order valence-corrected chi connectivity index (χ2v) is 10.5. The largest absolute Gasteiger partial charge is 0.354 e. The van der Waals surface area contributed by atoms with E-state index in [-0.39, 0.29) is 24.0 Å². The monoisotopic (exact) mass is 563 g/mol. The van der Waals surface area contributed by atoms with Gasteiger partial charge in [0.25, 0.3) is 0 Å². The molecule has 0 spiro atoms. The quantitative estimate of drug-likeness (QED) is 0.316. The molecule has 1 aromatic carbocycles. The molecule has 2 saturated heterocycles. The number of sulfonamides is 1. The lowest BCUT2D eigenvalue weighted by molar-refractivity contribution is 0.167. The first-order chi connectivity index (χ1) is 14.4. The van der Waals surface area contributed by atoms with Crippen LogP contribution in [0.15, 0.2) is 34.2 Å². The van der Waals surface area contributed by atoms with Crippen LogP contribution in [0.4, 0.5) is 0 Å². The molecule has 2 fully saturated rings. The van der Waals surface area contributed by atoms with Gasteiger partial charge in [0.1, 0.15) is 0 Å². The Morgan fingerprint density at radius 1 is 1.13 bits per heavy atom. The Morgan fingerprint density at radius 2 is 1.81 bits per heavy atom. The zero-order chi connectivity index (χ0) is 21.6. The van der Waals surface area contributed by atoms with E-state index in [4.69, 9.17) is 0 Å². The van der Waals surface area contributed by atoms with Crippen molar-refractivity contribution in [2.45, 2.75) is 69.5 Å². The fraction of sp³-hybridized carbons (Fsp3) is 0.682. The molecule has 0 radical (unpaired) electrons. The standard InChI is InChI=1S/C22H37N5O2S.HI/c1-18(2)26-14-10-20(11-15-26)25-22(23-3)24-17-19-8-7-9-21(16-19)30(28,29)27-12-5-4-6-13-27;/h7-9,16,18,20H,4-6,10-15,17H2,1-3H3,(H2,23,24,25);1H. The van der Waals surface area contributed by atoms with Gasteiger partial charge in [-0.2, -0.15) is 4.31 Å². The molecule has 2 heterocycles. The summed E-state index contributed by atoms with van der Waals surface area (Å²) in [4.78, 5) is 7.24. The summed E-state index contributed by atoms with van der Waals surface area (Å²) in [7, 11) is -1.64. The van der Waals surface area contributed by atoms with Crippen molar-refractivity contribution in [1.29, 1.82) is 0 Å². The number of hydrogen-bond acceptors (Lipinski definition) is 4. The highest BCUT2D eigenvalue weighted by Gasteiger charge is 2.26. The number of aliphatic imine (C=N–C) groups is 1. The molecule has 31 heavy (non-hydrogen) atoms. The third kappa shape index (κ3) is 7.30. The molecule has 0 saturated carbocycles. The second-order valence-electron chi connectivity index (χ2n) is 8.59. The van der Waals surface area contributed by atoms with Gasteiger partial charge < -0.3 is 15.5 Å².